The predicted molar refractivity (Wildman–Crippen MR) is 106 cm³/mol. The maximum absolute atomic E-state index is 13.8. The molecule has 29 heavy (non-hydrogen) atoms. The molecule has 0 fully saturated rings. The summed E-state index contributed by atoms with van der Waals surface area (Å²) in [5.74, 6) is -3.72. The Labute approximate surface area is 164 Å². The van der Waals surface area contributed by atoms with Crippen LogP contribution in [0.5, 0.6) is 0 Å². The van der Waals surface area contributed by atoms with Crippen molar-refractivity contribution in [3.63, 3.8) is 0 Å². The normalized spacial score (nSPS) is 11.0. The monoisotopic (exact) mass is 391 g/mol. The van der Waals surface area contributed by atoms with E-state index in [1.165, 1.54) is 4.57 Å². The summed E-state index contributed by atoms with van der Waals surface area (Å²) in [5, 5.41) is 9.14. The molecular formula is C23H15F2NO3. The van der Waals surface area contributed by atoms with Crippen LogP contribution < -0.4 is 5.43 Å². The van der Waals surface area contributed by atoms with Gasteiger partial charge in [-0.05, 0) is 22.8 Å². The van der Waals surface area contributed by atoms with Crippen LogP contribution in [0.25, 0.3) is 22.0 Å². The lowest BCUT2D eigenvalue weighted by Crippen LogP contribution is -2.19. The van der Waals surface area contributed by atoms with E-state index < -0.39 is 28.6 Å². The van der Waals surface area contributed by atoms with Crippen LogP contribution in [-0.4, -0.2) is 15.6 Å². The van der Waals surface area contributed by atoms with E-state index in [-0.39, 0.29) is 17.4 Å². The molecule has 0 atom stereocenters. The Balaban J connectivity index is 1.79. The van der Waals surface area contributed by atoms with Crippen molar-refractivity contribution in [1.82, 2.24) is 4.57 Å². The second kappa shape index (κ2) is 7.31. The number of nitrogens with zero attached hydrogens (tertiary/aromatic N) is 1. The first-order chi connectivity index (χ1) is 13.9. The second-order valence-electron chi connectivity index (χ2n) is 6.65. The van der Waals surface area contributed by atoms with E-state index in [1.807, 2.05) is 54.6 Å². The number of pyridine rings is 1. The van der Waals surface area contributed by atoms with Crippen molar-refractivity contribution >= 4 is 16.9 Å². The van der Waals surface area contributed by atoms with E-state index >= 15 is 0 Å². The van der Waals surface area contributed by atoms with Gasteiger partial charge in [0.1, 0.15) is 5.56 Å². The molecule has 0 amide bonds. The molecule has 0 bridgehead atoms. The van der Waals surface area contributed by atoms with Gasteiger partial charge in [0, 0.05) is 24.2 Å². The molecule has 3 aromatic carbocycles. The maximum Gasteiger partial charge on any atom is 0.341 e. The summed E-state index contributed by atoms with van der Waals surface area (Å²) in [6.45, 7) is 0.192. The molecule has 0 saturated carbocycles. The highest BCUT2D eigenvalue weighted by Crippen LogP contribution is 2.22. The van der Waals surface area contributed by atoms with Crippen molar-refractivity contribution < 1.29 is 18.7 Å². The Bertz CT molecular complexity index is 1280. The summed E-state index contributed by atoms with van der Waals surface area (Å²) >= 11 is 0. The van der Waals surface area contributed by atoms with Crippen LogP contribution in [0.3, 0.4) is 0 Å². The number of carboxylic acid groups (broad SMARTS) is 1. The number of halogens is 2. The van der Waals surface area contributed by atoms with Crippen molar-refractivity contribution in [3.8, 4) is 11.1 Å². The quantitative estimate of drug-likeness (QED) is 0.549. The van der Waals surface area contributed by atoms with E-state index in [2.05, 4.69) is 0 Å². The molecule has 0 aliphatic rings. The van der Waals surface area contributed by atoms with Crippen LogP contribution in [0.15, 0.2) is 77.7 Å². The molecule has 1 aromatic heterocycles. The van der Waals surface area contributed by atoms with Crippen molar-refractivity contribution in [3.05, 3.63) is 106 Å². The van der Waals surface area contributed by atoms with E-state index in [4.69, 9.17) is 0 Å². The summed E-state index contributed by atoms with van der Waals surface area (Å²) in [6.07, 6.45) is 1.16. The zero-order chi connectivity index (χ0) is 20.5. The number of rotatable bonds is 4. The zero-order valence-corrected chi connectivity index (χ0v) is 15.1. The Hall–Kier alpha value is -3.80. The summed E-state index contributed by atoms with van der Waals surface area (Å²) in [5.41, 5.74) is 1.67. The average molecular weight is 391 g/mol. The van der Waals surface area contributed by atoms with Crippen LogP contribution in [0.1, 0.15) is 15.9 Å². The fourth-order valence-electron chi connectivity index (χ4n) is 3.30. The third-order valence-electron chi connectivity index (χ3n) is 4.77. The predicted octanol–water partition coefficient (Wildman–Crippen LogP) is 4.69. The zero-order valence-electron chi connectivity index (χ0n) is 15.1. The minimum Gasteiger partial charge on any atom is -0.477 e. The number of hydrogen-bond donors (Lipinski definition) is 1. The molecule has 4 rings (SSSR count). The van der Waals surface area contributed by atoms with Gasteiger partial charge in [0.05, 0.1) is 5.52 Å². The molecule has 0 unspecified atom stereocenters. The van der Waals surface area contributed by atoms with Gasteiger partial charge in [-0.1, -0.05) is 54.6 Å². The molecule has 4 nitrogen and oxygen atoms in total. The lowest BCUT2D eigenvalue weighted by atomic mass is 10.0. The number of carbonyl (C=O) groups is 1. The van der Waals surface area contributed by atoms with Gasteiger partial charge in [0.15, 0.2) is 11.6 Å². The first-order valence-corrected chi connectivity index (χ1v) is 8.84. The minimum absolute atomic E-state index is 0.131. The molecular weight excluding hydrogens is 376 g/mol. The van der Waals surface area contributed by atoms with Crippen LogP contribution >= 0.6 is 0 Å². The number of carboxylic acids is 1. The first-order valence-electron chi connectivity index (χ1n) is 8.84. The van der Waals surface area contributed by atoms with Crippen molar-refractivity contribution in [2.75, 3.05) is 0 Å². The number of hydrogen-bond acceptors (Lipinski definition) is 2. The molecule has 0 aliphatic carbocycles. The Morgan fingerprint density at radius 3 is 2.17 bits per heavy atom. The third-order valence-corrected chi connectivity index (χ3v) is 4.77. The highest BCUT2D eigenvalue weighted by Gasteiger charge is 2.17. The van der Waals surface area contributed by atoms with Crippen LogP contribution in [0.2, 0.25) is 0 Å². The van der Waals surface area contributed by atoms with Gasteiger partial charge >= 0.3 is 5.97 Å². The molecule has 144 valence electrons. The Morgan fingerprint density at radius 1 is 0.897 bits per heavy atom. The first kappa shape index (κ1) is 18.6. The van der Waals surface area contributed by atoms with Crippen molar-refractivity contribution in [1.29, 1.82) is 0 Å². The molecule has 1 N–H and O–H groups in total. The molecule has 0 aliphatic heterocycles. The van der Waals surface area contributed by atoms with Gasteiger partial charge in [-0.15, -0.1) is 0 Å². The molecule has 1 heterocycles. The average Bonchev–Trinajstić information content (AvgIpc) is 2.72. The molecule has 0 saturated heterocycles. The van der Waals surface area contributed by atoms with Gasteiger partial charge < -0.3 is 9.67 Å². The molecule has 4 aromatic rings. The third kappa shape index (κ3) is 3.52. The fraction of sp³-hybridized carbons (Fsp3) is 0.0435. The van der Waals surface area contributed by atoms with Crippen molar-refractivity contribution in [2.24, 2.45) is 0 Å². The van der Waals surface area contributed by atoms with Crippen LogP contribution in [0.4, 0.5) is 8.78 Å². The van der Waals surface area contributed by atoms with E-state index in [1.54, 1.807) is 0 Å². The van der Waals surface area contributed by atoms with E-state index in [9.17, 15) is 23.5 Å². The van der Waals surface area contributed by atoms with Crippen LogP contribution in [0, 0.1) is 11.6 Å². The highest BCUT2D eigenvalue weighted by atomic mass is 19.2. The summed E-state index contributed by atoms with van der Waals surface area (Å²) in [6, 6.07) is 19.0. The highest BCUT2D eigenvalue weighted by molar-refractivity contribution is 5.92. The number of fused-ring (bicyclic) bond motifs is 1. The summed E-state index contributed by atoms with van der Waals surface area (Å²) < 4.78 is 28.9. The lowest BCUT2D eigenvalue weighted by molar-refractivity contribution is 0.0695. The topological polar surface area (TPSA) is 59.3 Å². The minimum atomic E-state index is -1.42. The number of aromatic carboxylic acids is 1. The fourth-order valence-corrected chi connectivity index (χ4v) is 3.30. The standard InChI is InChI=1S/C23H15F2NO3/c24-19-10-17-21(11-20(19)25)26(13-18(22(17)27)23(28)29)12-14-6-8-16(9-7-14)15-4-2-1-3-5-15/h1-11,13H,12H2,(H,28,29). The Kier molecular flexibility index (Phi) is 4.68. The van der Waals surface area contributed by atoms with E-state index in [0.717, 1.165) is 35.0 Å². The van der Waals surface area contributed by atoms with Gasteiger partial charge in [0.25, 0.3) is 0 Å². The molecule has 0 radical (unpaired) electrons. The van der Waals surface area contributed by atoms with Gasteiger partial charge in [-0.3, -0.25) is 4.79 Å². The SMILES string of the molecule is O=C(O)c1cn(Cc2ccc(-c3ccccc3)cc2)c2cc(F)c(F)cc2c1=O. The second-order valence-corrected chi connectivity index (χ2v) is 6.65. The largest absolute Gasteiger partial charge is 0.477 e. The summed E-state index contributed by atoms with van der Waals surface area (Å²) in [7, 11) is 0. The molecule has 0 spiro atoms. The van der Waals surface area contributed by atoms with Gasteiger partial charge in [-0.2, -0.15) is 0 Å². The maximum atomic E-state index is 13.8. The lowest BCUT2D eigenvalue weighted by Gasteiger charge is -2.13. The number of benzene rings is 3. The van der Waals surface area contributed by atoms with Crippen LogP contribution in [-0.2, 0) is 6.54 Å². The van der Waals surface area contributed by atoms with Gasteiger partial charge in [-0.25, -0.2) is 13.6 Å². The Morgan fingerprint density at radius 2 is 1.52 bits per heavy atom. The number of aromatic nitrogens is 1. The van der Waals surface area contributed by atoms with Gasteiger partial charge in [0.2, 0.25) is 5.43 Å². The smallest absolute Gasteiger partial charge is 0.341 e. The van der Waals surface area contributed by atoms with Crippen molar-refractivity contribution in [2.45, 2.75) is 6.54 Å². The summed E-state index contributed by atoms with van der Waals surface area (Å²) in [4.78, 5) is 23.8. The molecule has 6 heteroatoms. The van der Waals surface area contributed by atoms with E-state index in [0.29, 0.717) is 0 Å².